The van der Waals surface area contributed by atoms with Crippen LogP contribution in [0.3, 0.4) is 0 Å². The summed E-state index contributed by atoms with van der Waals surface area (Å²) in [6.45, 7) is 4.13. The van der Waals surface area contributed by atoms with Gasteiger partial charge in [0, 0.05) is 12.5 Å². The summed E-state index contributed by atoms with van der Waals surface area (Å²) in [5.74, 6) is 2.22. The van der Waals surface area contributed by atoms with Crippen LogP contribution in [-0.4, -0.2) is 33.3 Å². The normalized spacial score (nSPS) is 18.0. The van der Waals surface area contributed by atoms with Gasteiger partial charge in [-0.05, 0) is 31.0 Å². The van der Waals surface area contributed by atoms with Crippen molar-refractivity contribution in [1.29, 1.82) is 0 Å². The van der Waals surface area contributed by atoms with Gasteiger partial charge in [-0.1, -0.05) is 11.2 Å². The van der Waals surface area contributed by atoms with Crippen LogP contribution >= 0.6 is 0 Å². The van der Waals surface area contributed by atoms with Crippen molar-refractivity contribution < 1.29 is 14.0 Å². The number of aromatic nitrogens is 4. The molecule has 1 aromatic carbocycles. The number of aromatic amines is 1. The average Bonchev–Trinajstić information content (AvgIpc) is 3.26. The van der Waals surface area contributed by atoms with E-state index >= 15 is 0 Å². The van der Waals surface area contributed by atoms with Gasteiger partial charge in [0.1, 0.15) is 19.0 Å². The molecule has 0 aliphatic carbocycles. The highest BCUT2D eigenvalue weighted by atomic mass is 16.5. The van der Waals surface area contributed by atoms with Crippen molar-refractivity contribution in [3.8, 4) is 0 Å². The summed E-state index contributed by atoms with van der Waals surface area (Å²) in [4.78, 5) is 12.1. The Labute approximate surface area is 133 Å². The molecule has 0 amide bonds. The molecule has 3 heterocycles. The van der Waals surface area contributed by atoms with Crippen molar-refractivity contribution >= 4 is 11.0 Å². The molecule has 0 radical (unpaired) electrons. The zero-order chi connectivity index (χ0) is 15.6. The highest BCUT2D eigenvalue weighted by Crippen LogP contribution is 2.22. The number of imidazole rings is 1. The molecule has 0 bridgehead atoms. The molecule has 1 aliphatic rings. The Kier molecular flexibility index (Phi) is 3.80. The van der Waals surface area contributed by atoms with E-state index in [1.165, 1.54) is 5.56 Å². The standard InChI is InChI=1S/C16H18N4O3/c1-10-2-3-12-13(6-10)18-14(17-12)8-22-9-15-19-16(20-23-15)11-4-5-21-7-11/h2-3,6,11H,4-5,7-9H2,1H3,(H,17,18)/t11-/m1/s1. The second kappa shape index (κ2) is 6.10. The van der Waals surface area contributed by atoms with E-state index < -0.39 is 0 Å². The molecule has 7 nitrogen and oxygen atoms in total. The summed E-state index contributed by atoms with van der Waals surface area (Å²) in [6.07, 6.45) is 0.943. The molecule has 1 N–H and O–H groups in total. The van der Waals surface area contributed by atoms with E-state index in [0.29, 0.717) is 24.9 Å². The molecule has 1 fully saturated rings. The van der Waals surface area contributed by atoms with Crippen molar-refractivity contribution in [2.45, 2.75) is 32.5 Å². The maximum Gasteiger partial charge on any atom is 0.252 e. The molecule has 0 unspecified atom stereocenters. The van der Waals surface area contributed by atoms with Crippen LogP contribution in [0.4, 0.5) is 0 Å². The summed E-state index contributed by atoms with van der Waals surface area (Å²) in [7, 11) is 0. The molecular weight excluding hydrogens is 296 g/mol. The lowest BCUT2D eigenvalue weighted by molar-refractivity contribution is 0.0811. The van der Waals surface area contributed by atoms with Crippen molar-refractivity contribution in [3.05, 3.63) is 41.3 Å². The topological polar surface area (TPSA) is 86.1 Å². The van der Waals surface area contributed by atoms with Gasteiger partial charge in [-0.2, -0.15) is 4.98 Å². The number of hydrogen-bond donors (Lipinski definition) is 1. The Morgan fingerprint density at radius 3 is 3.13 bits per heavy atom. The quantitative estimate of drug-likeness (QED) is 0.778. The largest absolute Gasteiger partial charge is 0.381 e. The fraction of sp³-hybridized carbons (Fsp3) is 0.438. The van der Waals surface area contributed by atoms with Crippen LogP contribution < -0.4 is 0 Å². The Morgan fingerprint density at radius 1 is 1.30 bits per heavy atom. The van der Waals surface area contributed by atoms with Crippen LogP contribution in [0.5, 0.6) is 0 Å². The number of nitrogens with one attached hydrogen (secondary N) is 1. The predicted molar refractivity (Wildman–Crippen MR) is 81.8 cm³/mol. The van der Waals surface area contributed by atoms with Gasteiger partial charge in [0.15, 0.2) is 5.82 Å². The molecule has 2 aromatic heterocycles. The van der Waals surface area contributed by atoms with E-state index in [1.54, 1.807) is 0 Å². The van der Waals surface area contributed by atoms with E-state index in [-0.39, 0.29) is 12.5 Å². The lowest BCUT2D eigenvalue weighted by atomic mass is 10.1. The highest BCUT2D eigenvalue weighted by molar-refractivity contribution is 5.75. The van der Waals surface area contributed by atoms with Gasteiger partial charge in [0.05, 0.1) is 17.6 Å². The van der Waals surface area contributed by atoms with E-state index in [4.69, 9.17) is 14.0 Å². The van der Waals surface area contributed by atoms with Crippen LogP contribution in [0.15, 0.2) is 22.7 Å². The minimum absolute atomic E-state index is 0.242. The Balaban J connectivity index is 1.35. The zero-order valence-corrected chi connectivity index (χ0v) is 12.9. The van der Waals surface area contributed by atoms with Gasteiger partial charge in [0.2, 0.25) is 0 Å². The van der Waals surface area contributed by atoms with Crippen LogP contribution in [0.2, 0.25) is 0 Å². The van der Waals surface area contributed by atoms with E-state index in [9.17, 15) is 0 Å². The zero-order valence-electron chi connectivity index (χ0n) is 12.9. The van der Waals surface area contributed by atoms with Crippen LogP contribution in [0.1, 0.15) is 35.4 Å². The Morgan fingerprint density at radius 2 is 2.26 bits per heavy atom. The number of aryl methyl sites for hydroxylation is 1. The first-order valence-corrected chi connectivity index (χ1v) is 7.71. The number of hydrogen-bond acceptors (Lipinski definition) is 6. The third-order valence-electron chi connectivity index (χ3n) is 3.93. The number of fused-ring (bicyclic) bond motifs is 1. The molecule has 1 aliphatic heterocycles. The van der Waals surface area contributed by atoms with Crippen molar-refractivity contribution in [1.82, 2.24) is 20.1 Å². The molecule has 0 spiro atoms. The number of nitrogens with zero attached hydrogens (tertiary/aromatic N) is 3. The van der Waals surface area contributed by atoms with E-state index in [1.807, 2.05) is 12.1 Å². The maximum absolute atomic E-state index is 5.62. The van der Waals surface area contributed by atoms with E-state index in [2.05, 4.69) is 33.1 Å². The van der Waals surface area contributed by atoms with Gasteiger partial charge < -0.3 is 19.0 Å². The monoisotopic (exact) mass is 314 g/mol. The molecule has 3 aromatic rings. The predicted octanol–water partition coefficient (Wildman–Crippen LogP) is 2.48. The molecular formula is C16H18N4O3. The number of benzene rings is 1. The van der Waals surface area contributed by atoms with Crippen molar-refractivity contribution in [2.24, 2.45) is 0 Å². The Hall–Kier alpha value is -2.25. The molecule has 0 saturated carbocycles. The van der Waals surface area contributed by atoms with Crippen molar-refractivity contribution in [2.75, 3.05) is 13.2 Å². The first-order valence-electron chi connectivity index (χ1n) is 7.71. The minimum Gasteiger partial charge on any atom is -0.381 e. The molecule has 120 valence electrons. The van der Waals surface area contributed by atoms with Gasteiger partial charge in [-0.3, -0.25) is 0 Å². The van der Waals surface area contributed by atoms with Crippen LogP contribution in [-0.2, 0) is 22.7 Å². The lowest BCUT2D eigenvalue weighted by Crippen LogP contribution is -2.01. The number of ether oxygens (including phenoxy) is 2. The molecule has 23 heavy (non-hydrogen) atoms. The summed E-state index contributed by atoms with van der Waals surface area (Å²) >= 11 is 0. The second-order valence-corrected chi connectivity index (χ2v) is 5.80. The fourth-order valence-corrected chi connectivity index (χ4v) is 2.71. The molecule has 4 rings (SSSR count). The summed E-state index contributed by atoms with van der Waals surface area (Å²) in [6, 6.07) is 6.11. The van der Waals surface area contributed by atoms with Crippen molar-refractivity contribution in [3.63, 3.8) is 0 Å². The van der Waals surface area contributed by atoms with Gasteiger partial charge >= 0.3 is 0 Å². The number of H-pyrrole nitrogens is 1. The summed E-state index contributed by atoms with van der Waals surface area (Å²) in [5, 5.41) is 4.00. The third kappa shape index (κ3) is 3.11. The van der Waals surface area contributed by atoms with Gasteiger partial charge in [0.25, 0.3) is 5.89 Å². The lowest BCUT2D eigenvalue weighted by Gasteiger charge is -1.98. The van der Waals surface area contributed by atoms with Gasteiger partial charge in [-0.25, -0.2) is 4.98 Å². The third-order valence-corrected chi connectivity index (χ3v) is 3.93. The fourth-order valence-electron chi connectivity index (χ4n) is 2.71. The Bertz CT molecular complexity index is 805. The first-order chi connectivity index (χ1) is 11.3. The molecule has 1 saturated heterocycles. The van der Waals surface area contributed by atoms with Crippen LogP contribution in [0, 0.1) is 6.92 Å². The average molecular weight is 314 g/mol. The summed E-state index contributed by atoms with van der Waals surface area (Å²) in [5.41, 5.74) is 3.16. The van der Waals surface area contributed by atoms with E-state index in [0.717, 1.165) is 29.9 Å². The summed E-state index contributed by atoms with van der Waals surface area (Å²) < 4.78 is 16.2. The highest BCUT2D eigenvalue weighted by Gasteiger charge is 2.23. The van der Waals surface area contributed by atoms with Gasteiger partial charge in [-0.15, -0.1) is 0 Å². The number of rotatable bonds is 5. The smallest absolute Gasteiger partial charge is 0.252 e. The molecule has 7 heteroatoms. The van der Waals surface area contributed by atoms with Crippen LogP contribution in [0.25, 0.3) is 11.0 Å². The SMILES string of the molecule is Cc1ccc2nc(COCc3nc([C@@H]4CCOC4)no3)[nH]c2c1. The second-order valence-electron chi connectivity index (χ2n) is 5.80. The first kappa shape index (κ1) is 14.3. The maximum atomic E-state index is 5.62. The minimum atomic E-state index is 0.242. The molecule has 1 atom stereocenters.